The maximum atomic E-state index is 8.44. The van der Waals surface area contributed by atoms with Crippen LogP contribution in [0.4, 0.5) is 0 Å². The molecule has 305 valence electrons. The van der Waals surface area contributed by atoms with Crippen LogP contribution in [-0.4, -0.2) is 38.0 Å². The van der Waals surface area contributed by atoms with Gasteiger partial charge in [0.05, 0.1) is 25.7 Å². The van der Waals surface area contributed by atoms with Gasteiger partial charge in [-0.2, -0.15) is 0 Å². The van der Waals surface area contributed by atoms with E-state index in [2.05, 4.69) is 139 Å². The molecule has 9 rings (SSSR count). The first-order valence-corrected chi connectivity index (χ1v) is 23.8. The number of para-hydroxylation sites is 1. The third kappa shape index (κ3) is 8.27. The fourth-order valence-corrected chi connectivity index (χ4v) is 9.37. The second-order valence-electron chi connectivity index (χ2n) is 16.9. The Morgan fingerprint density at radius 3 is 2.08 bits per heavy atom. The third-order valence-corrected chi connectivity index (χ3v) is 12.8. The zero-order valence-electron chi connectivity index (χ0n) is 36.6. The maximum Gasteiger partial charge on any atom is 0.194 e. The molecule has 0 aliphatic rings. The quantitative estimate of drug-likeness (QED) is 0.111. The molecule has 1 radical (unpaired) electrons. The molecule has 9 aromatic rings. The van der Waals surface area contributed by atoms with E-state index in [1.54, 1.807) is 6.20 Å². The standard InChI is InChI=1S/C34H28N5O.C17H22NSi.Ir/c1-20(2)27-17-23(22-11-6-5-7-12-22)18-28(21(3)4)31(27)39-29-19-35-38-37-33(29)36-34(39)26-15-10-14-25-24-13-8-9-16-30(24)40-32(25)26;1-13(2)15-11-16(14-9-7-6-8-10-14)18-12-17(15)19(3,4)5;/h5-14,16-21H,1-4H3;6-9,11-13H,1-5H3;/q2*-1;/i;13D;. The molecule has 7 nitrogen and oxygen atoms in total. The molecule has 0 saturated carbocycles. The number of hydrogen-bond donors (Lipinski definition) is 0. The summed E-state index contributed by atoms with van der Waals surface area (Å²) in [6.07, 6.45) is 3.73. The van der Waals surface area contributed by atoms with Gasteiger partial charge in [0.1, 0.15) is 11.1 Å². The maximum absolute atomic E-state index is 8.44. The summed E-state index contributed by atoms with van der Waals surface area (Å²) in [7, 11) is -1.50. The summed E-state index contributed by atoms with van der Waals surface area (Å²) < 4.78 is 17.0. The largest absolute Gasteiger partial charge is 0.501 e. The van der Waals surface area contributed by atoms with Crippen LogP contribution in [0.5, 0.6) is 0 Å². The number of furan rings is 1. The van der Waals surface area contributed by atoms with Crippen LogP contribution in [0.2, 0.25) is 19.6 Å². The second kappa shape index (κ2) is 17.5. The topological polar surface area (TPSA) is 82.5 Å². The molecule has 0 amide bonds. The van der Waals surface area contributed by atoms with Gasteiger partial charge in [0.2, 0.25) is 0 Å². The summed E-state index contributed by atoms with van der Waals surface area (Å²) in [6, 6.07) is 43.8. The van der Waals surface area contributed by atoms with Crippen molar-refractivity contribution in [1.29, 1.82) is 0 Å². The summed E-state index contributed by atoms with van der Waals surface area (Å²) in [5, 5.41) is 15.8. The van der Waals surface area contributed by atoms with Gasteiger partial charge in [-0.3, -0.25) is 4.98 Å². The van der Waals surface area contributed by atoms with E-state index in [4.69, 9.17) is 10.8 Å². The molecule has 0 saturated heterocycles. The molecule has 0 fully saturated rings. The zero-order chi connectivity index (χ0) is 42.3. The predicted molar refractivity (Wildman–Crippen MR) is 245 cm³/mol. The molecule has 4 heterocycles. The van der Waals surface area contributed by atoms with Gasteiger partial charge in [0.15, 0.2) is 5.65 Å². The van der Waals surface area contributed by atoms with Gasteiger partial charge in [0.25, 0.3) is 0 Å². The van der Waals surface area contributed by atoms with Crippen molar-refractivity contribution >= 4 is 46.4 Å². The molecule has 5 aromatic carbocycles. The average Bonchev–Trinajstić information content (AvgIpc) is 3.82. The summed E-state index contributed by atoms with van der Waals surface area (Å²) >= 11 is 0. The Balaban J connectivity index is 0.000000226. The number of fused-ring (bicyclic) bond motifs is 4. The van der Waals surface area contributed by atoms with Gasteiger partial charge >= 0.3 is 0 Å². The van der Waals surface area contributed by atoms with Gasteiger partial charge < -0.3 is 14.0 Å². The van der Waals surface area contributed by atoms with Crippen LogP contribution < -0.4 is 5.19 Å². The van der Waals surface area contributed by atoms with E-state index in [9.17, 15) is 0 Å². The van der Waals surface area contributed by atoms with Gasteiger partial charge in [-0.15, -0.1) is 64.3 Å². The second-order valence-corrected chi connectivity index (χ2v) is 22.0. The van der Waals surface area contributed by atoms with Crippen molar-refractivity contribution in [3.8, 4) is 39.5 Å². The van der Waals surface area contributed by atoms with E-state index in [0.717, 1.165) is 55.5 Å². The molecule has 4 aromatic heterocycles. The Kier molecular flexibility index (Phi) is 12.0. The minimum Gasteiger partial charge on any atom is -0.501 e. The van der Waals surface area contributed by atoms with Crippen LogP contribution in [0.15, 0.2) is 126 Å². The molecule has 0 N–H and O–H groups in total. The first-order chi connectivity index (χ1) is 28.7. The van der Waals surface area contributed by atoms with E-state index in [0.29, 0.717) is 11.5 Å². The number of rotatable bonds is 8. The summed E-state index contributed by atoms with van der Waals surface area (Å²) in [4.78, 5) is 9.63. The van der Waals surface area contributed by atoms with Gasteiger partial charge in [-0.1, -0.05) is 132 Å². The smallest absolute Gasteiger partial charge is 0.194 e. The molecule has 0 unspecified atom stereocenters. The molecule has 0 aliphatic carbocycles. The number of hydrogen-bond acceptors (Lipinski definition) is 6. The van der Waals surface area contributed by atoms with Crippen LogP contribution in [0, 0.1) is 12.1 Å². The SMILES string of the molecule is CC(C)c1cc(-c2ccccc2)cc(C(C)C)c1-n1c(-c2[c-]ccc3c2oc2ccccc23)nc2nnncc21.[2H]C(C)(C)c1cc(-c2[c-]cccc2)ncc1[Si](C)(C)C.[Ir]. The minimum absolute atomic E-state index is 0. The Morgan fingerprint density at radius 1 is 0.717 bits per heavy atom. The van der Waals surface area contributed by atoms with Gasteiger partial charge in [-0.25, -0.2) is 0 Å². The number of imidazole rings is 1. The Morgan fingerprint density at radius 2 is 1.42 bits per heavy atom. The van der Waals surface area contributed by atoms with Crippen molar-refractivity contribution in [3.05, 3.63) is 150 Å². The van der Waals surface area contributed by atoms with Crippen molar-refractivity contribution < 1.29 is 25.9 Å². The minimum atomic E-state index is -1.50. The fraction of sp³-hybridized carbons (Fsp3) is 0.235. The zero-order valence-corrected chi connectivity index (χ0v) is 39.0. The Hall–Kier alpha value is -5.60. The van der Waals surface area contributed by atoms with Gasteiger partial charge in [-0.05, 0) is 74.3 Å². The van der Waals surface area contributed by atoms with Crippen molar-refractivity contribution in [3.63, 3.8) is 0 Å². The predicted octanol–water partition coefficient (Wildman–Crippen LogP) is 12.7. The number of benzene rings is 5. The molecular formula is C51H50IrN6OSi-2. The summed E-state index contributed by atoms with van der Waals surface area (Å²) in [5.74, 6) is 0.589. The van der Waals surface area contributed by atoms with Crippen molar-refractivity contribution in [1.82, 2.24) is 29.9 Å². The first kappa shape index (κ1) is 41.1. The van der Waals surface area contributed by atoms with E-state index >= 15 is 0 Å². The monoisotopic (exact) mass is 984 g/mol. The summed E-state index contributed by atoms with van der Waals surface area (Å²) in [6.45, 7) is 19.7. The van der Waals surface area contributed by atoms with Crippen molar-refractivity contribution in [2.75, 3.05) is 0 Å². The molecule has 60 heavy (non-hydrogen) atoms. The first-order valence-electron chi connectivity index (χ1n) is 20.8. The van der Waals surface area contributed by atoms with E-state index in [1.165, 1.54) is 27.4 Å². The Labute approximate surface area is 369 Å². The van der Waals surface area contributed by atoms with Crippen LogP contribution in [-0.2, 0) is 20.1 Å². The third-order valence-electron chi connectivity index (χ3n) is 10.8. The van der Waals surface area contributed by atoms with E-state index in [-0.39, 0.29) is 31.9 Å². The molecular weight excluding hydrogens is 933 g/mol. The van der Waals surface area contributed by atoms with E-state index < -0.39 is 14.0 Å². The fourth-order valence-electron chi connectivity index (χ4n) is 7.79. The number of aromatic nitrogens is 6. The normalized spacial score (nSPS) is 12.2. The van der Waals surface area contributed by atoms with Crippen LogP contribution in [0.1, 0.15) is 77.3 Å². The molecule has 0 bridgehead atoms. The van der Waals surface area contributed by atoms with Crippen LogP contribution in [0.3, 0.4) is 0 Å². The van der Waals surface area contributed by atoms with Crippen molar-refractivity contribution in [2.24, 2.45) is 0 Å². The van der Waals surface area contributed by atoms with Crippen molar-refractivity contribution in [2.45, 2.75) is 78.9 Å². The molecule has 9 heteroatoms. The molecule has 0 spiro atoms. The Bertz CT molecular complexity index is 2940. The number of pyridine rings is 1. The van der Waals surface area contributed by atoms with Crippen LogP contribution >= 0.6 is 0 Å². The summed E-state index contributed by atoms with van der Waals surface area (Å²) in [5.41, 5.74) is 12.6. The molecule has 0 aliphatic heterocycles. The average molecular weight is 984 g/mol. The van der Waals surface area contributed by atoms with Crippen LogP contribution in [0.25, 0.3) is 72.6 Å². The molecule has 0 atom stereocenters. The van der Waals surface area contributed by atoms with E-state index in [1.807, 2.05) is 74.6 Å². The number of nitrogens with zero attached hydrogens (tertiary/aromatic N) is 6. The van der Waals surface area contributed by atoms with Gasteiger partial charge in [0, 0.05) is 38.7 Å².